The minimum atomic E-state index is -1.50. The van der Waals surface area contributed by atoms with Crippen molar-refractivity contribution >= 4 is 11.9 Å². The van der Waals surface area contributed by atoms with E-state index in [4.69, 9.17) is 0 Å². The maximum absolute atomic E-state index is 13.1. The highest BCUT2D eigenvalue weighted by atomic mass is 19.2. The second-order valence-electron chi connectivity index (χ2n) is 4.17. The third-order valence-corrected chi connectivity index (χ3v) is 2.85. The number of hydrazine groups is 1. The maximum atomic E-state index is 13.1. The van der Waals surface area contributed by atoms with E-state index in [1.807, 2.05) is 0 Å². The van der Waals surface area contributed by atoms with E-state index in [-0.39, 0.29) is 5.56 Å². The van der Waals surface area contributed by atoms with Crippen LogP contribution in [0, 0.1) is 17.5 Å². The summed E-state index contributed by atoms with van der Waals surface area (Å²) in [6, 6.07) is 1.36. The van der Waals surface area contributed by atoms with Crippen LogP contribution in [0.1, 0.15) is 24.4 Å². The number of hydrogen-bond donors (Lipinski definition) is 2. The molecule has 1 amide bonds. The van der Waals surface area contributed by atoms with Crippen LogP contribution in [0.2, 0.25) is 0 Å². The number of ether oxygens (including phenoxy) is 1. The first-order valence-corrected chi connectivity index (χ1v) is 5.82. The summed E-state index contributed by atoms with van der Waals surface area (Å²) in [5.41, 5.74) is 5.01. The van der Waals surface area contributed by atoms with Crippen LogP contribution < -0.4 is 10.9 Å². The van der Waals surface area contributed by atoms with Crippen molar-refractivity contribution in [1.82, 2.24) is 10.9 Å². The fourth-order valence-corrected chi connectivity index (χ4v) is 1.87. The molecule has 0 radical (unpaired) electrons. The second kappa shape index (κ2) is 5.81. The van der Waals surface area contributed by atoms with Crippen molar-refractivity contribution < 1.29 is 22.7 Å². The van der Waals surface area contributed by atoms with Gasteiger partial charge in [0.1, 0.15) is 5.84 Å². The molecule has 5 nitrogen and oxygen atoms in total. The molecule has 20 heavy (non-hydrogen) atoms. The summed E-state index contributed by atoms with van der Waals surface area (Å²) in [5, 5.41) is 0. The molecule has 2 rings (SSSR count). The van der Waals surface area contributed by atoms with Gasteiger partial charge in [0, 0.05) is 6.42 Å². The lowest BCUT2D eigenvalue weighted by Gasteiger charge is -2.08. The predicted molar refractivity (Wildman–Crippen MR) is 64.4 cm³/mol. The Hall–Kier alpha value is -2.25. The quantitative estimate of drug-likeness (QED) is 0.615. The van der Waals surface area contributed by atoms with Crippen molar-refractivity contribution in [2.24, 2.45) is 4.99 Å². The lowest BCUT2D eigenvalue weighted by atomic mass is 10.0. The highest BCUT2D eigenvalue weighted by Gasteiger charge is 2.22. The normalized spacial score (nSPS) is 17.6. The van der Waals surface area contributed by atoms with Gasteiger partial charge in [0.25, 0.3) is 0 Å². The average Bonchev–Trinajstić information content (AvgIpc) is 2.90. The third kappa shape index (κ3) is 3.01. The topological polar surface area (TPSA) is 62.7 Å². The van der Waals surface area contributed by atoms with Gasteiger partial charge in [-0.15, -0.1) is 0 Å². The van der Waals surface area contributed by atoms with Crippen molar-refractivity contribution in [2.75, 3.05) is 7.11 Å². The molecule has 0 bridgehead atoms. The Morgan fingerprint density at radius 2 is 2.00 bits per heavy atom. The van der Waals surface area contributed by atoms with Crippen molar-refractivity contribution in [1.29, 1.82) is 0 Å². The van der Waals surface area contributed by atoms with Gasteiger partial charge < -0.3 is 4.74 Å². The molecule has 8 heteroatoms. The lowest BCUT2D eigenvalue weighted by molar-refractivity contribution is 0.168. The highest BCUT2D eigenvalue weighted by Crippen LogP contribution is 2.30. The molecule has 1 aromatic carbocycles. The Morgan fingerprint density at radius 1 is 1.35 bits per heavy atom. The van der Waals surface area contributed by atoms with E-state index in [1.165, 1.54) is 7.11 Å². The zero-order chi connectivity index (χ0) is 14.7. The molecule has 1 aromatic rings. The molecule has 0 saturated heterocycles. The Bertz CT molecular complexity index is 540. The number of aliphatic imine (C=N–C) groups is 1. The number of methoxy groups -OCH3 is 1. The largest absolute Gasteiger partial charge is 0.452 e. The van der Waals surface area contributed by atoms with E-state index in [0.717, 1.165) is 12.1 Å². The standard InChI is InChI=1S/C12H12F3N3O2/c1-20-12(19)18-17-10-3-2-9(16-10)6-4-7(13)11(15)8(14)5-6/h4-5,9H,2-3H2,1H3,(H,16,17)(H,18,19). The molecule has 2 N–H and O–H groups in total. The van der Waals surface area contributed by atoms with Crippen molar-refractivity contribution in [3.63, 3.8) is 0 Å². The maximum Gasteiger partial charge on any atom is 0.425 e. The van der Waals surface area contributed by atoms with Gasteiger partial charge in [0.15, 0.2) is 17.5 Å². The van der Waals surface area contributed by atoms with E-state index in [2.05, 4.69) is 20.6 Å². The number of amidine groups is 1. The van der Waals surface area contributed by atoms with Crippen LogP contribution in [0.3, 0.4) is 0 Å². The summed E-state index contributed by atoms with van der Waals surface area (Å²) in [7, 11) is 1.21. The number of carbonyl (C=O) groups excluding carboxylic acids is 1. The zero-order valence-electron chi connectivity index (χ0n) is 10.5. The number of halogens is 3. The van der Waals surface area contributed by atoms with Gasteiger partial charge in [-0.05, 0) is 24.1 Å². The van der Waals surface area contributed by atoms with E-state index >= 15 is 0 Å². The highest BCUT2D eigenvalue weighted by molar-refractivity contribution is 5.85. The molecule has 0 saturated carbocycles. The Labute approximate surface area is 112 Å². The number of carbonyl (C=O) groups is 1. The minimum Gasteiger partial charge on any atom is -0.452 e. The summed E-state index contributed by atoms with van der Waals surface area (Å²) in [6.45, 7) is 0. The number of benzene rings is 1. The SMILES string of the molecule is COC(=O)NNC1=NC(c2cc(F)c(F)c(F)c2)CC1. The zero-order valence-corrected chi connectivity index (χ0v) is 10.5. The number of amides is 1. The van der Waals surface area contributed by atoms with Crippen LogP contribution in [-0.4, -0.2) is 19.0 Å². The molecule has 1 aliphatic heterocycles. The van der Waals surface area contributed by atoms with Gasteiger partial charge in [-0.1, -0.05) is 0 Å². The molecule has 1 unspecified atom stereocenters. The van der Waals surface area contributed by atoms with Crippen LogP contribution in [0.4, 0.5) is 18.0 Å². The van der Waals surface area contributed by atoms with Crippen LogP contribution >= 0.6 is 0 Å². The molecule has 0 fully saturated rings. The minimum absolute atomic E-state index is 0.247. The van der Waals surface area contributed by atoms with E-state index in [9.17, 15) is 18.0 Å². The van der Waals surface area contributed by atoms with Crippen LogP contribution in [0.15, 0.2) is 17.1 Å². The van der Waals surface area contributed by atoms with Crippen LogP contribution in [0.25, 0.3) is 0 Å². The predicted octanol–water partition coefficient (Wildman–Crippen LogP) is 2.20. The molecule has 1 atom stereocenters. The summed E-state index contributed by atoms with van der Waals surface area (Å²) >= 11 is 0. The molecular formula is C12H12F3N3O2. The van der Waals surface area contributed by atoms with Crippen LogP contribution in [-0.2, 0) is 4.74 Å². The molecule has 0 spiro atoms. The fourth-order valence-electron chi connectivity index (χ4n) is 1.87. The van der Waals surface area contributed by atoms with Crippen molar-refractivity contribution in [2.45, 2.75) is 18.9 Å². The van der Waals surface area contributed by atoms with Gasteiger partial charge in [-0.25, -0.2) is 23.4 Å². The van der Waals surface area contributed by atoms with Gasteiger partial charge in [-0.3, -0.25) is 10.4 Å². The first kappa shape index (κ1) is 14.2. The smallest absolute Gasteiger partial charge is 0.425 e. The molecule has 0 aromatic heterocycles. The van der Waals surface area contributed by atoms with E-state index < -0.39 is 29.6 Å². The molecule has 108 valence electrons. The number of hydrogen-bond acceptors (Lipinski definition) is 4. The molecule has 1 heterocycles. The van der Waals surface area contributed by atoms with Gasteiger partial charge in [0.05, 0.1) is 13.2 Å². The van der Waals surface area contributed by atoms with Gasteiger partial charge in [-0.2, -0.15) is 0 Å². The van der Waals surface area contributed by atoms with Gasteiger partial charge in [0.2, 0.25) is 0 Å². The van der Waals surface area contributed by atoms with Gasteiger partial charge >= 0.3 is 6.09 Å². The second-order valence-corrected chi connectivity index (χ2v) is 4.17. The number of rotatable bonds is 1. The summed E-state index contributed by atoms with van der Waals surface area (Å²) in [4.78, 5) is 15.0. The average molecular weight is 287 g/mol. The molecular weight excluding hydrogens is 275 g/mol. The number of nitrogens with one attached hydrogen (secondary N) is 2. The van der Waals surface area contributed by atoms with Crippen molar-refractivity contribution in [3.8, 4) is 0 Å². The summed E-state index contributed by atoms with van der Waals surface area (Å²) < 4.78 is 43.5. The molecule has 1 aliphatic rings. The third-order valence-electron chi connectivity index (χ3n) is 2.85. The van der Waals surface area contributed by atoms with E-state index in [1.54, 1.807) is 0 Å². The first-order chi connectivity index (χ1) is 9.51. The van der Waals surface area contributed by atoms with E-state index in [0.29, 0.717) is 18.7 Å². The summed E-state index contributed by atoms with van der Waals surface area (Å²) in [5.74, 6) is -3.54. The Kier molecular flexibility index (Phi) is 4.11. The summed E-state index contributed by atoms with van der Waals surface area (Å²) in [6.07, 6.45) is 0.292. The number of nitrogens with zero attached hydrogens (tertiary/aromatic N) is 1. The lowest BCUT2D eigenvalue weighted by Crippen LogP contribution is -2.40. The Balaban J connectivity index is 2.08. The van der Waals surface area contributed by atoms with Crippen molar-refractivity contribution in [3.05, 3.63) is 35.1 Å². The fraction of sp³-hybridized carbons (Fsp3) is 0.333. The first-order valence-electron chi connectivity index (χ1n) is 5.82. The Morgan fingerprint density at radius 3 is 2.60 bits per heavy atom. The molecule has 0 aliphatic carbocycles. The van der Waals surface area contributed by atoms with Crippen LogP contribution in [0.5, 0.6) is 0 Å². The monoisotopic (exact) mass is 287 g/mol.